The molecule has 0 saturated heterocycles. The van der Waals surface area contributed by atoms with Crippen molar-refractivity contribution < 1.29 is 0 Å². The van der Waals surface area contributed by atoms with E-state index in [1.54, 1.807) is 18.0 Å². The van der Waals surface area contributed by atoms with Crippen molar-refractivity contribution in [1.82, 2.24) is 9.55 Å². The molecule has 0 bridgehead atoms. The van der Waals surface area contributed by atoms with Crippen LogP contribution < -0.4 is 5.73 Å². The maximum atomic E-state index is 6.13. The molecule has 4 heteroatoms. The lowest BCUT2D eigenvalue weighted by atomic mass is 10.2. The van der Waals surface area contributed by atoms with Gasteiger partial charge in [-0.05, 0) is 18.6 Å². The molecular formula is C13H17N3S. The molecule has 1 atom stereocenters. The summed E-state index contributed by atoms with van der Waals surface area (Å²) in [6.45, 7) is 2.12. The van der Waals surface area contributed by atoms with E-state index in [0.29, 0.717) is 0 Å². The number of nitrogens with two attached hydrogens (primary N) is 1. The van der Waals surface area contributed by atoms with E-state index in [1.807, 2.05) is 17.8 Å². The Morgan fingerprint density at radius 1 is 1.41 bits per heavy atom. The van der Waals surface area contributed by atoms with Crippen LogP contribution in [0, 0.1) is 6.92 Å². The lowest BCUT2D eigenvalue weighted by molar-refractivity contribution is 0.694. The second-order valence-electron chi connectivity index (χ2n) is 4.08. The number of hydrogen-bond acceptors (Lipinski definition) is 3. The molecule has 0 radical (unpaired) electrons. The molecule has 1 aromatic carbocycles. The molecule has 3 nitrogen and oxygen atoms in total. The Morgan fingerprint density at radius 3 is 2.82 bits per heavy atom. The van der Waals surface area contributed by atoms with Crippen LogP contribution >= 0.6 is 11.8 Å². The number of thioether (sulfide) groups is 1. The van der Waals surface area contributed by atoms with Crippen molar-refractivity contribution in [3.63, 3.8) is 0 Å². The first-order valence-corrected chi connectivity index (χ1v) is 6.58. The minimum atomic E-state index is -0.0281. The van der Waals surface area contributed by atoms with Crippen molar-refractivity contribution >= 4 is 11.8 Å². The molecule has 0 aliphatic heterocycles. The Bertz CT molecular complexity index is 493. The van der Waals surface area contributed by atoms with E-state index in [2.05, 4.69) is 36.2 Å². The van der Waals surface area contributed by atoms with Gasteiger partial charge in [-0.15, -0.1) is 11.8 Å². The van der Waals surface area contributed by atoms with Gasteiger partial charge < -0.3 is 10.3 Å². The molecule has 2 N–H and O–H groups in total. The molecule has 0 saturated carbocycles. The number of rotatable bonds is 4. The highest BCUT2D eigenvalue weighted by molar-refractivity contribution is 7.99. The van der Waals surface area contributed by atoms with Gasteiger partial charge in [0, 0.05) is 30.1 Å². The van der Waals surface area contributed by atoms with Crippen LogP contribution in [-0.2, 0) is 7.05 Å². The van der Waals surface area contributed by atoms with E-state index >= 15 is 0 Å². The van der Waals surface area contributed by atoms with Gasteiger partial charge >= 0.3 is 0 Å². The van der Waals surface area contributed by atoms with Crippen molar-refractivity contribution in [3.8, 4) is 0 Å². The largest absolute Gasteiger partial charge is 0.337 e. The molecule has 0 fully saturated rings. The molecule has 0 amide bonds. The summed E-state index contributed by atoms with van der Waals surface area (Å²) in [5.41, 5.74) is 7.43. The highest BCUT2D eigenvalue weighted by Crippen LogP contribution is 2.25. The Balaban J connectivity index is 2.00. The normalized spacial score (nSPS) is 12.6. The number of hydrogen-bond donors (Lipinski definition) is 1. The molecule has 1 aromatic heterocycles. The van der Waals surface area contributed by atoms with Crippen LogP contribution in [0.3, 0.4) is 0 Å². The van der Waals surface area contributed by atoms with Crippen molar-refractivity contribution in [2.75, 3.05) is 5.75 Å². The van der Waals surface area contributed by atoms with Crippen LogP contribution in [0.15, 0.2) is 41.6 Å². The lowest BCUT2D eigenvalue weighted by Gasteiger charge is -2.12. The van der Waals surface area contributed by atoms with Gasteiger partial charge in [0.1, 0.15) is 5.82 Å². The first-order chi connectivity index (χ1) is 8.18. The average molecular weight is 247 g/mol. The summed E-state index contributed by atoms with van der Waals surface area (Å²) >= 11 is 1.78. The second-order valence-corrected chi connectivity index (χ2v) is 5.14. The first-order valence-electron chi connectivity index (χ1n) is 5.59. The van der Waals surface area contributed by atoms with Gasteiger partial charge in [0.05, 0.1) is 6.04 Å². The van der Waals surface area contributed by atoms with Gasteiger partial charge in [0.25, 0.3) is 0 Å². The fourth-order valence-electron chi connectivity index (χ4n) is 1.71. The molecule has 17 heavy (non-hydrogen) atoms. The summed E-state index contributed by atoms with van der Waals surface area (Å²) in [7, 11) is 1.97. The number of aromatic nitrogens is 2. The summed E-state index contributed by atoms with van der Waals surface area (Å²) in [6.07, 6.45) is 3.71. The van der Waals surface area contributed by atoms with Crippen LogP contribution in [-0.4, -0.2) is 15.3 Å². The Labute approximate surface area is 106 Å². The van der Waals surface area contributed by atoms with Gasteiger partial charge in [0.2, 0.25) is 0 Å². The van der Waals surface area contributed by atoms with Crippen LogP contribution in [0.4, 0.5) is 0 Å². The summed E-state index contributed by atoms with van der Waals surface area (Å²) in [5, 5.41) is 0. The number of imidazole rings is 1. The fraction of sp³-hybridized carbons (Fsp3) is 0.308. The average Bonchev–Trinajstić information content (AvgIpc) is 2.74. The number of nitrogens with zero attached hydrogens (tertiary/aromatic N) is 2. The fourth-order valence-corrected chi connectivity index (χ4v) is 2.69. The topological polar surface area (TPSA) is 43.8 Å². The second kappa shape index (κ2) is 5.38. The third kappa shape index (κ3) is 2.90. The van der Waals surface area contributed by atoms with Gasteiger partial charge in [-0.1, -0.05) is 18.2 Å². The monoisotopic (exact) mass is 247 g/mol. The third-order valence-electron chi connectivity index (χ3n) is 2.70. The zero-order valence-electron chi connectivity index (χ0n) is 10.1. The summed E-state index contributed by atoms with van der Waals surface area (Å²) in [4.78, 5) is 5.56. The van der Waals surface area contributed by atoms with Crippen molar-refractivity contribution in [1.29, 1.82) is 0 Å². The van der Waals surface area contributed by atoms with E-state index in [4.69, 9.17) is 5.73 Å². The predicted molar refractivity (Wildman–Crippen MR) is 72.0 cm³/mol. The van der Waals surface area contributed by atoms with E-state index in [0.717, 1.165) is 11.6 Å². The maximum Gasteiger partial charge on any atom is 0.126 e. The van der Waals surface area contributed by atoms with Crippen molar-refractivity contribution in [2.24, 2.45) is 12.8 Å². The van der Waals surface area contributed by atoms with Gasteiger partial charge in [-0.2, -0.15) is 0 Å². The zero-order chi connectivity index (χ0) is 12.3. The van der Waals surface area contributed by atoms with Crippen LogP contribution in [0.25, 0.3) is 0 Å². The van der Waals surface area contributed by atoms with Crippen LogP contribution in [0.2, 0.25) is 0 Å². The van der Waals surface area contributed by atoms with Gasteiger partial charge in [0.15, 0.2) is 0 Å². The van der Waals surface area contributed by atoms with E-state index < -0.39 is 0 Å². The molecule has 0 spiro atoms. The van der Waals surface area contributed by atoms with Crippen LogP contribution in [0.1, 0.15) is 17.4 Å². The predicted octanol–water partition coefficient (Wildman–Crippen LogP) is 2.52. The smallest absolute Gasteiger partial charge is 0.126 e. The van der Waals surface area contributed by atoms with E-state index in [-0.39, 0.29) is 6.04 Å². The quantitative estimate of drug-likeness (QED) is 0.844. The molecule has 0 aliphatic rings. The van der Waals surface area contributed by atoms with Crippen LogP contribution in [0.5, 0.6) is 0 Å². The minimum absolute atomic E-state index is 0.0281. The van der Waals surface area contributed by atoms with Crippen molar-refractivity contribution in [2.45, 2.75) is 17.9 Å². The van der Waals surface area contributed by atoms with Crippen molar-refractivity contribution in [3.05, 3.63) is 48.0 Å². The van der Waals surface area contributed by atoms with Gasteiger partial charge in [-0.25, -0.2) is 4.98 Å². The number of benzene rings is 1. The zero-order valence-corrected chi connectivity index (χ0v) is 10.9. The van der Waals surface area contributed by atoms with E-state index in [1.165, 1.54) is 10.5 Å². The lowest BCUT2D eigenvalue weighted by Crippen LogP contribution is -2.17. The molecule has 0 aliphatic carbocycles. The third-order valence-corrected chi connectivity index (χ3v) is 4.00. The maximum absolute atomic E-state index is 6.13. The minimum Gasteiger partial charge on any atom is -0.337 e. The summed E-state index contributed by atoms with van der Waals surface area (Å²) in [6, 6.07) is 8.33. The molecule has 1 heterocycles. The molecule has 1 unspecified atom stereocenters. The Morgan fingerprint density at radius 2 is 2.18 bits per heavy atom. The molecule has 90 valence electrons. The molecule has 2 aromatic rings. The highest BCUT2D eigenvalue weighted by atomic mass is 32.2. The van der Waals surface area contributed by atoms with E-state index in [9.17, 15) is 0 Å². The number of aryl methyl sites for hydroxylation is 2. The molecule has 2 rings (SSSR count). The molecular weight excluding hydrogens is 230 g/mol. The first kappa shape index (κ1) is 12.2. The standard InChI is InChI=1S/C13H17N3S/c1-10-5-3-4-6-12(10)17-9-11(14)13-15-7-8-16(13)2/h3-8,11H,9,14H2,1-2H3. The SMILES string of the molecule is Cc1ccccc1SCC(N)c1nccn1C. The Kier molecular flexibility index (Phi) is 3.86. The van der Waals surface area contributed by atoms with Gasteiger partial charge in [-0.3, -0.25) is 0 Å². The Hall–Kier alpha value is -1.26. The summed E-state index contributed by atoms with van der Waals surface area (Å²) in [5.74, 6) is 1.78. The highest BCUT2D eigenvalue weighted by Gasteiger charge is 2.11. The summed E-state index contributed by atoms with van der Waals surface area (Å²) < 4.78 is 1.98.